The fourth-order valence-electron chi connectivity index (χ4n) is 2.43. The minimum Gasteiger partial charge on any atom is -0.301 e. The zero-order chi connectivity index (χ0) is 19.4. The van der Waals surface area contributed by atoms with Crippen LogP contribution in [0.5, 0.6) is 0 Å². The molecule has 9 heteroatoms. The van der Waals surface area contributed by atoms with Gasteiger partial charge < -0.3 is 5.32 Å². The normalized spacial score (nSPS) is 15.6. The summed E-state index contributed by atoms with van der Waals surface area (Å²) in [5.74, 6) is -0.252. The average Bonchev–Trinajstić information content (AvgIpc) is 3.14. The van der Waals surface area contributed by atoms with Crippen LogP contribution in [0.4, 0.5) is 5.13 Å². The summed E-state index contributed by atoms with van der Waals surface area (Å²) in [4.78, 5) is 26.7. The van der Waals surface area contributed by atoms with Gasteiger partial charge >= 0.3 is 0 Å². The lowest BCUT2D eigenvalue weighted by Gasteiger charge is -2.13. The molecule has 0 spiro atoms. The first-order valence-corrected chi connectivity index (χ1v) is 10.4. The van der Waals surface area contributed by atoms with Crippen LogP contribution < -0.4 is 5.32 Å². The van der Waals surface area contributed by atoms with Crippen molar-refractivity contribution >= 4 is 62.7 Å². The molecule has 1 aliphatic heterocycles. The Hall–Kier alpha value is -2.10. The van der Waals surface area contributed by atoms with E-state index in [1.165, 1.54) is 28.7 Å². The van der Waals surface area contributed by atoms with Crippen molar-refractivity contribution < 1.29 is 9.59 Å². The molecule has 2 amide bonds. The first-order chi connectivity index (χ1) is 12.9. The Morgan fingerprint density at radius 3 is 2.67 bits per heavy atom. The van der Waals surface area contributed by atoms with Gasteiger partial charge in [0.2, 0.25) is 11.0 Å². The van der Waals surface area contributed by atoms with E-state index in [9.17, 15) is 9.59 Å². The number of aromatic nitrogens is 2. The number of amides is 2. The molecule has 1 saturated heterocycles. The van der Waals surface area contributed by atoms with Gasteiger partial charge in [-0.2, -0.15) is 0 Å². The zero-order valence-corrected chi connectivity index (χ0v) is 17.3. The summed E-state index contributed by atoms with van der Waals surface area (Å²) in [7, 11) is 0. The van der Waals surface area contributed by atoms with Gasteiger partial charge in [0, 0.05) is 13.0 Å². The van der Waals surface area contributed by atoms with Crippen molar-refractivity contribution in [2.75, 3.05) is 11.9 Å². The van der Waals surface area contributed by atoms with E-state index in [0.717, 1.165) is 10.6 Å². The van der Waals surface area contributed by atoms with E-state index in [1.54, 1.807) is 4.90 Å². The quantitative estimate of drug-likeness (QED) is 0.568. The third kappa shape index (κ3) is 5.21. The summed E-state index contributed by atoms with van der Waals surface area (Å²) in [5, 5.41) is 11.7. The maximum Gasteiger partial charge on any atom is 0.266 e. The fraction of sp³-hybridized carbons (Fsp3) is 0.278. The second-order valence-corrected chi connectivity index (χ2v) is 8.88. The maximum absolute atomic E-state index is 12.6. The van der Waals surface area contributed by atoms with Gasteiger partial charge in [-0.3, -0.25) is 14.5 Å². The second-order valence-electron chi connectivity index (χ2n) is 6.02. The third-order valence-corrected chi connectivity index (χ3v) is 5.94. The molecule has 3 rings (SSSR count). The first-order valence-electron chi connectivity index (χ1n) is 8.34. The Morgan fingerprint density at radius 2 is 2.00 bits per heavy atom. The smallest absolute Gasteiger partial charge is 0.266 e. The Kier molecular flexibility index (Phi) is 6.35. The lowest BCUT2D eigenvalue weighted by Crippen LogP contribution is -2.29. The molecule has 6 nitrogen and oxygen atoms in total. The van der Waals surface area contributed by atoms with Gasteiger partial charge in [-0.1, -0.05) is 65.1 Å². The van der Waals surface area contributed by atoms with Crippen molar-refractivity contribution in [3.05, 3.63) is 45.3 Å². The van der Waals surface area contributed by atoms with E-state index in [2.05, 4.69) is 15.5 Å². The number of rotatable bonds is 6. The SMILES string of the molecule is Cc1ccc(/C=C2\SC(=S)N(CCCC(=O)Nc3nnc(C)s3)C2=O)cc1. The van der Waals surface area contributed by atoms with E-state index >= 15 is 0 Å². The molecule has 0 aliphatic carbocycles. The Balaban J connectivity index is 1.53. The van der Waals surface area contributed by atoms with Crippen LogP contribution in [0.1, 0.15) is 29.0 Å². The minimum absolute atomic E-state index is 0.106. The molecule has 0 atom stereocenters. The number of hydrogen-bond donors (Lipinski definition) is 1. The molecule has 0 radical (unpaired) electrons. The molecule has 1 aromatic carbocycles. The minimum atomic E-state index is -0.146. The van der Waals surface area contributed by atoms with Crippen molar-refractivity contribution in [1.82, 2.24) is 15.1 Å². The highest BCUT2D eigenvalue weighted by Crippen LogP contribution is 2.32. The second kappa shape index (κ2) is 8.73. The summed E-state index contributed by atoms with van der Waals surface area (Å²) in [6.45, 7) is 4.26. The number of aryl methyl sites for hydroxylation is 2. The van der Waals surface area contributed by atoms with Gasteiger partial charge in [0.05, 0.1) is 4.91 Å². The number of thiocarbonyl (C=S) groups is 1. The molecule has 27 heavy (non-hydrogen) atoms. The molecule has 2 heterocycles. The van der Waals surface area contributed by atoms with Crippen LogP contribution in [-0.2, 0) is 9.59 Å². The molecule has 1 aromatic heterocycles. The Morgan fingerprint density at radius 1 is 1.26 bits per heavy atom. The topological polar surface area (TPSA) is 75.2 Å². The van der Waals surface area contributed by atoms with Crippen LogP contribution in [0.2, 0.25) is 0 Å². The Labute approximate surface area is 171 Å². The highest BCUT2D eigenvalue weighted by atomic mass is 32.2. The number of anilines is 1. The van der Waals surface area contributed by atoms with Crippen LogP contribution >= 0.6 is 35.3 Å². The number of nitrogens with one attached hydrogen (secondary N) is 1. The van der Waals surface area contributed by atoms with Crippen molar-refractivity contribution in [3.63, 3.8) is 0 Å². The molecule has 1 fully saturated rings. The van der Waals surface area contributed by atoms with Crippen LogP contribution in [0.15, 0.2) is 29.2 Å². The van der Waals surface area contributed by atoms with Crippen molar-refractivity contribution in [3.8, 4) is 0 Å². The van der Waals surface area contributed by atoms with E-state index in [1.807, 2.05) is 44.2 Å². The highest BCUT2D eigenvalue weighted by molar-refractivity contribution is 8.26. The molecular weight excluding hydrogens is 400 g/mol. The molecular formula is C18H18N4O2S3. The Bertz CT molecular complexity index is 906. The molecule has 2 aromatic rings. The molecule has 1 N–H and O–H groups in total. The number of benzene rings is 1. The van der Waals surface area contributed by atoms with Crippen LogP contribution in [0.25, 0.3) is 6.08 Å². The maximum atomic E-state index is 12.6. The predicted octanol–water partition coefficient (Wildman–Crippen LogP) is 3.78. The van der Waals surface area contributed by atoms with Gasteiger partial charge in [0.25, 0.3) is 5.91 Å². The highest BCUT2D eigenvalue weighted by Gasteiger charge is 2.31. The molecule has 0 saturated carbocycles. The number of nitrogens with zero attached hydrogens (tertiary/aromatic N) is 3. The number of hydrogen-bond acceptors (Lipinski definition) is 7. The van der Waals surface area contributed by atoms with Gasteiger partial charge in [0.1, 0.15) is 9.33 Å². The van der Waals surface area contributed by atoms with Crippen molar-refractivity contribution in [2.45, 2.75) is 26.7 Å². The van der Waals surface area contributed by atoms with Crippen LogP contribution in [-0.4, -0.2) is 37.8 Å². The van der Waals surface area contributed by atoms with Gasteiger partial charge in [-0.25, -0.2) is 0 Å². The third-order valence-electron chi connectivity index (χ3n) is 3.81. The lowest BCUT2D eigenvalue weighted by molar-refractivity contribution is -0.122. The number of carbonyl (C=O) groups excluding carboxylic acids is 2. The lowest BCUT2D eigenvalue weighted by atomic mass is 10.1. The molecule has 140 valence electrons. The molecule has 0 unspecified atom stereocenters. The van der Waals surface area contributed by atoms with Gasteiger partial charge in [-0.05, 0) is 31.9 Å². The van der Waals surface area contributed by atoms with Crippen LogP contribution in [0, 0.1) is 13.8 Å². The number of thioether (sulfide) groups is 1. The summed E-state index contributed by atoms with van der Waals surface area (Å²) in [6.07, 6.45) is 2.66. The van der Waals surface area contributed by atoms with E-state index in [4.69, 9.17) is 12.2 Å². The van der Waals surface area contributed by atoms with Gasteiger partial charge in [-0.15, -0.1) is 10.2 Å². The van der Waals surface area contributed by atoms with E-state index in [0.29, 0.717) is 27.3 Å². The van der Waals surface area contributed by atoms with Crippen molar-refractivity contribution in [1.29, 1.82) is 0 Å². The van der Waals surface area contributed by atoms with E-state index in [-0.39, 0.29) is 18.2 Å². The summed E-state index contributed by atoms with van der Waals surface area (Å²) in [5.41, 5.74) is 2.13. The molecule has 0 bridgehead atoms. The predicted molar refractivity (Wildman–Crippen MR) is 114 cm³/mol. The first kappa shape index (κ1) is 19.7. The van der Waals surface area contributed by atoms with Crippen LogP contribution in [0.3, 0.4) is 0 Å². The summed E-state index contributed by atoms with van der Waals surface area (Å²) < 4.78 is 0.526. The van der Waals surface area contributed by atoms with E-state index < -0.39 is 0 Å². The standard InChI is InChI=1S/C18H18N4O2S3/c1-11-5-7-13(8-6-11)10-14-16(24)22(18(25)27-14)9-3-4-15(23)19-17-21-20-12(2)26-17/h5-8,10H,3-4,9H2,1-2H3,(H,19,21,23)/b14-10-. The number of carbonyl (C=O) groups is 2. The molecule has 1 aliphatic rings. The fourth-order valence-corrected chi connectivity index (χ4v) is 4.35. The largest absolute Gasteiger partial charge is 0.301 e. The van der Waals surface area contributed by atoms with Crippen molar-refractivity contribution in [2.24, 2.45) is 0 Å². The summed E-state index contributed by atoms with van der Waals surface area (Å²) >= 11 is 7.95. The van der Waals surface area contributed by atoms with Gasteiger partial charge in [0.15, 0.2) is 0 Å². The average molecular weight is 419 g/mol. The monoisotopic (exact) mass is 418 g/mol. The summed E-state index contributed by atoms with van der Waals surface area (Å²) in [6, 6.07) is 7.96. The zero-order valence-electron chi connectivity index (χ0n) is 14.9.